The van der Waals surface area contributed by atoms with Crippen molar-refractivity contribution in [1.29, 1.82) is 0 Å². The fraction of sp³-hybridized carbons (Fsp3) is 0.360. The van der Waals surface area contributed by atoms with Crippen LogP contribution >= 0.6 is 0 Å². The molecule has 0 aromatic heterocycles. The molecule has 0 radical (unpaired) electrons. The summed E-state index contributed by atoms with van der Waals surface area (Å²) in [4.78, 5) is 52.8. The highest BCUT2D eigenvalue weighted by molar-refractivity contribution is 6.20. The molecule has 0 aliphatic carbocycles. The molecule has 3 aliphatic rings. The van der Waals surface area contributed by atoms with Gasteiger partial charge in [-0.05, 0) is 37.1 Å². The van der Waals surface area contributed by atoms with E-state index in [9.17, 15) is 19.2 Å². The van der Waals surface area contributed by atoms with Crippen LogP contribution in [0.4, 0.5) is 14.9 Å². The Morgan fingerprint density at radius 3 is 2.51 bits per heavy atom. The number of hydrogen-bond acceptors (Lipinski definition) is 6. The number of fused-ring (bicyclic) bond motifs is 4. The van der Waals surface area contributed by atoms with Crippen molar-refractivity contribution in [3.63, 3.8) is 0 Å². The third kappa shape index (κ3) is 3.74. The average Bonchev–Trinajstić information content (AvgIpc) is 2.80. The number of imide groups is 2. The van der Waals surface area contributed by atoms with Gasteiger partial charge < -0.3 is 15.0 Å². The Morgan fingerprint density at radius 1 is 1.14 bits per heavy atom. The molecule has 5 rings (SSSR count). The predicted molar refractivity (Wildman–Crippen MR) is 123 cm³/mol. The van der Waals surface area contributed by atoms with E-state index in [2.05, 4.69) is 16.0 Å². The van der Waals surface area contributed by atoms with Crippen molar-refractivity contribution in [2.75, 3.05) is 11.4 Å². The van der Waals surface area contributed by atoms with Gasteiger partial charge in [-0.25, -0.2) is 9.18 Å². The van der Waals surface area contributed by atoms with Crippen molar-refractivity contribution >= 4 is 29.4 Å². The first-order valence-electron chi connectivity index (χ1n) is 11.4. The fourth-order valence-corrected chi connectivity index (χ4v) is 5.55. The van der Waals surface area contributed by atoms with Crippen LogP contribution in [0.3, 0.4) is 0 Å². The summed E-state index contributed by atoms with van der Waals surface area (Å²) in [5, 5.41) is 7.15. The second-order valence-corrected chi connectivity index (χ2v) is 9.27. The average molecular weight is 480 g/mol. The van der Waals surface area contributed by atoms with E-state index in [1.165, 1.54) is 12.1 Å². The fourth-order valence-electron chi connectivity index (χ4n) is 5.55. The van der Waals surface area contributed by atoms with Gasteiger partial charge in [0.1, 0.15) is 5.82 Å². The predicted octanol–water partition coefficient (Wildman–Crippen LogP) is 1.65. The molecular formula is C25H25FN4O5. The smallest absolute Gasteiger partial charge is 0.328 e. The van der Waals surface area contributed by atoms with Crippen LogP contribution in [0.15, 0.2) is 42.5 Å². The molecule has 3 heterocycles. The van der Waals surface area contributed by atoms with E-state index >= 15 is 4.39 Å². The molecule has 1 spiro atoms. The lowest BCUT2D eigenvalue weighted by molar-refractivity contribution is -0.153. The molecule has 2 aromatic carbocycles. The number of nitrogens with one attached hydrogen (secondary N) is 3. The topological polar surface area (TPSA) is 117 Å². The third-order valence-corrected chi connectivity index (χ3v) is 6.91. The summed E-state index contributed by atoms with van der Waals surface area (Å²) in [5.41, 5.74) is -0.191. The van der Waals surface area contributed by atoms with E-state index in [0.717, 1.165) is 5.56 Å². The number of rotatable bonds is 3. The van der Waals surface area contributed by atoms with E-state index < -0.39 is 47.1 Å². The molecule has 3 atom stereocenters. The molecule has 5 amide bonds. The highest BCUT2D eigenvalue weighted by Gasteiger charge is 2.63. The van der Waals surface area contributed by atoms with Crippen LogP contribution in [0, 0.1) is 11.2 Å². The van der Waals surface area contributed by atoms with Crippen LogP contribution in [-0.2, 0) is 27.3 Å². The van der Waals surface area contributed by atoms with Gasteiger partial charge in [0.25, 0.3) is 5.91 Å². The standard InChI is InChI=1S/C25H25FN4O5/c1-13-12-30-19-17(8-16(9-18(19)26)21(31)27-11-15-6-4-3-5-7-15)10-25(20(30)14(2)35-13)22(32)28-24(34)29-23(25)33/h3-9,13-14,20H,10-12H2,1-2H3,(H,27,31)(H2,28,29,32,33,34)/t13-,14+,20-/m1/s1. The Hall–Kier alpha value is -3.79. The maximum absolute atomic E-state index is 15.6. The Labute approximate surface area is 201 Å². The number of anilines is 1. The molecule has 9 nitrogen and oxygen atoms in total. The summed E-state index contributed by atoms with van der Waals surface area (Å²) in [7, 11) is 0. The van der Waals surface area contributed by atoms with E-state index in [-0.39, 0.29) is 36.9 Å². The van der Waals surface area contributed by atoms with Gasteiger partial charge in [-0.15, -0.1) is 0 Å². The third-order valence-electron chi connectivity index (χ3n) is 6.91. The lowest BCUT2D eigenvalue weighted by Crippen LogP contribution is -2.75. The molecule has 10 heteroatoms. The minimum Gasteiger partial charge on any atom is -0.372 e. The van der Waals surface area contributed by atoms with Crippen LogP contribution < -0.4 is 20.9 Å². The summed E-state index contributed by atoms with van der Waals surface area (Å²) >= 11 is 0. The van der Waals surface area contributed by atoms with Gasteiger partial charge in [0, 0.05) is 25.1 Å². The number of carbonyl (C=O) groups excluding carboxylic acids is 4. The number of morpholine rings is 1. The molecule has 2 aromatic rings. The monoisotopic (exact) mass is 480 g/mol. The number of benzene rings is 2. The van der Waals surface area contributed by atoms with Gasteiger partial charge in [0.2, 0.25) is 11.8 Å². The van der Waals surface area contributed by atoms with Gasteiger partial charge in [-0.2, -0.15) is 0 Å². The minimum atomic E-state index is -1.73. The van der Waals surface area contributed by atoms with Gasteiger partial charge >= 0.3 is 6.03 Å². The molecular weight excluding hydrogens is 455 g/mol. The number of urea groups is 1. The molecule has 0 unspecified atom stereocenters. The number of barbiturate groups is 1. The molecule has 3 N–H and O–H groups in total. The van der Waals surface area contributed by atoms with Crippen molar-refractivity contribution in [2.45, 2.75) is 45.1 Å². The first-order chi connectivity index (χ1) is 16.7. The largest absolute Gasteiger partial charge is 0.372 e. The molecule has 2 fully saturated rings. The van der Waals surface area contributed by atoms with Crippen LogP contribution in [0.5, 0.6) is 0 Å². The second-order valence-electron chi connectivity index (χ2n) is 9.27. The number of halogens is 1. The zero-order chi connectivity index (χ0) is 24.9. The zero-order valence-electron chi connectivity index (χ0n) is 19.3. The molecule has 35 heavy (non-hydrogen) atoms. The Balaban J connectivity index is 1.55. The van der Waals surface area contributed by atoms with Crippen molar-refractivity contribution < 1.29 is 28.3 Å². The Bertz CT molecular complexity index is 1210. The minimum absolute atomic E-state index is 0.0767. The van der Waals surface area contributed by atoms with Gasteiger partial charge in [-0.1, -0.05) is 30.3 Å². The second kappa shape index (κ2) is 8.46. The van der Waals surface area contributed by atoms with Crippen LogP contribution in [-0.4, -0.2) is 48.5 Å². The van der Waals surface area contributed by atoms with E-state index in [1.54, 1.807) is 11.8 Å². The number of hydrogen-bond donors (Lipinski definition) is 3. The van der Waals surface area contributed by atoms with Crippen LogP contribution in [0.2, 0.25) is 0 Å². The highest BCUT2D eigenvalue weighted by Crippen LogP contribution is 2.47. The van der Waals surface area contributed by atoms with Crippen molar-refractivity contribution in [1.82, 2.24) is 16.0 Å². The molecule has 182 valence electrons. The highest BCUT2D eigenvalue weighted by atomic mass is 19.1. The normalized spacial score (nSPS) is 24.8. The number of ether oxygens (including phenoxy) is 1. The van der Waals surface area contributed by atoms with Gasteiger partial charge in [-0.3, -0.25) is 25.0 Å². The van der Waals surface area contributed by atoms with Gasteiger partial charge in [0.05, 0.1) is 23.9 Å². The SMILES string of the molecule is C[C@@H]1CN2c3c(F)cc(C(=O)NCc4ccccc4)cc3CC3(C(=O)NC(=O)NC3=O)[C@H]2[C@H](C)O1. The van der Waals surface area contributed by atoms with Crippen molar-refractivity contribution in [2.24, 2.45) is 5.41 Å². The van der Waals surface area contributed by atoms with Crippen molar-refractivity contribution in [3.8, 4) is 0 Å². The van der Waals surface area contributed by atoms with E-state index in [0.29, 0.717) is 5.56 Å². The molecule has 0 saturated carbocycles. The summed E-state index contributed by atoms with van der Waals surface area (Å²) in [5.74, 6) is -2.64. The maximum atomic E-state index is 15.6. The molecule has 0 bridgehead atoms. The summed E-state index contributed by atoms with van der Waals surface area (Å²) in [6, 6.07) is 10.2. The summed E-state index contributed by atoms with van der Waals surface area (Å²) in [6.07, 6.45) is -1.09. The zero-order valence-corrected chi connectivity index (χ0v) is 19.3. The van der Waals surface area contributed by atoms with Crippen LogP contribution in [0.1, 0.15) is 35.3 Å². The van der Waals surface area contributed by atoms with E-state index in [4.69, 9.17) is 4.74 Å². The Morgan fingerprint density at radius 2 is 1.83 bits per heavy atom. The first-order valence-corrected chi connectivity index (χ1v) is 11.4. The summed E-state index contributed by atoms with van der Waals surface area (Å²) in [6.45, 7) is 4.03. The lowest BCUT2D eigenvalue weighted by atomic mass is 9.66. The lowest BCUT2D eigenvalue weighted by Gasteiger charge is -2.55. The van der Waals surface area contributed by atoms with Gasteiger partial charge in [0.15, 0.2) is 5.41 Å². The van der Waals surface area contributed by atoms with Crippen LogP contribution in [0.25, 0.3) is 0 Å². The number of carbonyl (C=O) groups is 4. The number of amides is 5. The number of nitrogens with zero attached hydrogens (tertiary/aromatic N) is 1. The van der Waals surface area contributed by atoms with Crippen molar-refractivity contribution in [3.05, 3.63) is 65.0 Å². The molecule has 2 saturated heterocycles. The maximum Gasteiger partial charge on any atom is 0.328 e. The first kappa shape index (κ1) is 23.0. The Kier molecular flexibility index (Phi) is 5.55. The summed E-state index contributed by atoms with van der Waals surface area (Å²) < 4.78 is 21.5. The van der Waals surface area contributed by atoms with E-state index in [1.807, 2.05) is 37.3 Å². The quantitative estimate of drug-likeness (QED) is 0.576. The molecule has 3 aliphatic heterocycles.